The lowest BCUT2D eigenvalue weighted by Gasteiger charge is -2.27. The van der Waals surface area contributed by atoms with Crippen molar-refractivity contribution in [3.63, 3.8) is 0 Å². The summed E-state index contributed by atoms with van der Waals surface area (Å²) >= 11 is 0. The van der Waals surface area contributed by atoms with Gasteiger partial charge in [0.1, 0.15) is 0 Å². The number of hydrogen-bond acceptors (Lipinski definition) is 5. The smallest absolute Gasteiger partial charge is 0.317 e. The van der Waals surface area contributed by atoms with Crippen molar-refractivity contribution < 1.29 is 28.2 Å². The van der Waals surface area contributed by atoms with Gasteiger partial charge in [0.05, 0.1) is 23.5 Å². The van der Waals surface area contributed by atoms with E-state index in [-0.39, 0.29) is 24.1 Å². The minimum Gasteiger partial charge on any atom is -0.481 e. The number of amides is 2. The minimum atomic E-state index is -3.08. The van der Waals surface area contributed by atoms with Gasteiger partial charge >= 0.3 is 12.0 Å². The highest BCUT2D eigenvalue weighted by atomic mass is 32.2. The Morgan fingerprint density at radius 3 is 2.50 bits per heavy atom. The summed E-state index contributed by atoms with van der Waals surface area (Å²) in [6.45, 7) is 1.09. The molecule has 20 heavy (non-hydrogen) atoms. The fraction of sp³-hybridized carbons (Fsp3) is 0.818. The molecule has 0 spiro atoms. The van der Waals surface area contributed by atoms with E-state index in [1.54, 1.807) is 0 Å². The molecular weight excluding hydrogens is 288 g/mol. The van der Waals surface area contributed by atoms with Crippen LogP contribution in [-0.2, 0) is 14.6 Å². The summed E-state index contributed by atoms with van der Waals surface area (Å²) in [7, 11) is -1.60. The van der Waals surface area contributed by atoms with Crippen molar-refractivity contribution in [1.29, 1.82) is 0 Å². The largest absolute Gasteiger partial charge is 0.481 e. The number of carboxylic acid groups (broad SMARTS) is 1. The van der Waals surface area contributed by atoms with Crippen LogP contribution in [-0.4, -0.2) is 72.3 Å². The van der Waals surface area contributed by atoms with Gasteiger partial charge in [-0.15, -0.1) is 0 Å². The number of aliphatic carboxylic acids is 1. The highest BCUT2D eigenvalue weighted by molar-refractivity contribution is 7.91. The fourth-order valence-electron chi connectivity index (χ4n) is 2.03. The van der Waals surface area contributed by atoms with Crippen LogP contribution in [0.3, 0.4) is 0 Å². The van der Waals surface area contributed by atoms with E-state index in [1.807, 2.05) is 0 Å². The molecule has 2 amide bonds. The molecule has 0 aromatic heterocycles. The lowest BCUT2D eigenvalue weighted by Crippen LogP contribution is -2.49. The van der Waals surface area contributed by atoms with Crippen LogP contribution < -0.4 is 5.32 Å². The maximum absolute atomic E-state index is 11.8. The van der Waals surface area contributed by atoms with E-state index < -0.39 is 33.9 Å². The quantitative estimate of drug-likeness (QED) is 0.601. The Bertz CT molecular complexity index is 487. The standard InChI is InChI=1S/C11H20N2O6S/c1-11(17,5-9(14)15)7-12-10(16)13(2)8-3-4-20(18,19)6-8/h8,17H,3-7H2,1-2H3,(H,12,16)(H,14,15). The third kappa shape index (κ3) is 4.97. The van der Waals surface area contributed by atoms with E-state index in [0.29, 0.717) is 6.42 Å². The lowest BCUT2D eigenvalue weighted by atomic mass is 10.0. The van der Waals surface area contributed by atoms with Gasteiger partial charge in [-0.1, -0.05) is 0 Å². The fourth-order valence-corrected chi connectivity index (χ4v) is 3.80. The van der Waals surface area contributed by atoms with Crippen LogP contribution in [0.15, 0.2) is 0 Å². The van der Waals surface area contributed by atoms with Crippen molar-refractivity contribution in [2.75, 3.05) is 25.1 Å². The van der Waals surface area contributed by atoms with Crippen molar-refractivity contribution in [2.24, 2.45) is 0 Å². The SMILES string of the molecule is CN(C(=O)NCC(C)(O)CC(=O)O)C1CCS(=O)(=O)C1. The van der Waals surface area contributed by atoms with Gasteiger partial charge in [-0.2, -0.15) is 0 Å². The molecule has 116 valence electrons. The Balaban J connectivity index is 2.49. The second-order valence-corrected chi connectivity index (χ2v) is 7.62. The predicted octanol–water partition coefficient (Wildman–Crippen LogP) is -0.959. The van der Waals surface area contributed by atoms with Crippen LogP contribution in [0.5, 0.6) is 0 Å². The second-order valence-electron chi connectivity index (χ2n) is 5.39. The number of nitrogens with one attached hydrogen (secondary N) is 1. The van der Waals surface area contributed by atoms with Crippen LogP contribution >= 0.6 is 0 Å². The highest BCUT2D eigenvalue weighted by Crippen LogP contribution is 2.16. The molecule has 0 aliphatic carbocycles. The zero-order valence-corrected chi connectivity index (χ0v) is 12.3. The molecule has 3 N–H and O–H groups in total. The Hall–Kier alpha value is -1.35. The van der Waals surface area contributed by atoms with Crippen molar-refractivity contribution >= 4 is 21.8 Å². The number of hydrogen-bond donors (Lipinski definition) is 3. The number of aliphatic hydroxyl groups is 1. The predicted molar refractivity (Wildman–Crippen MR) is 71.1 cm³/mol. The number of nitrogens with zero attached hydrogens (tertiary/aromatic N) is 1. The maximum Gasteiger partial charge on any atom is 0.317 e. The molecule has 1 rings (SSSR count). The summed E-state index contributed by atoms with van der Waals surface area (Å²) in [6, 6.07) is -0.915. The summed E-state index contributed by atoms with van der Waals surface area (Å²) in [5.74, 6) is -1.17. The molecule has 2 unspecified atom stereocenters. The van der Waals surface area contributed by atoms with E-state index in [1.165, 1.54) is 18.9 Å². The zero-order chi connectivity index (χ0) is 15.6. The third-order valence-corrected chi connectivity index (χ3v) is 4.98. The maximum atomic E-state index is 11.8. The molecule has 1 heterocycles. The number of carbonyl (C=O) groups excluding carboxylic acids is 1. The van der Waals surface area contributed by atoms with E-state index in [0.717, 1.165) is 0 Å². The summed E-state index contributed by atoms with van der Waals surface area (Å²) in [5, 5.41) is 20.8. The van der Waals surface area contributed by atoms with Gasteiger partial charge in [-0.25, -0.2) is 13.2 Å². The van der Waals surface area contributed by atoms with Gasteiger partial charge in [0, 0.05) is 19.6 Å². The molecule has 0 aromatic carbocycles. The number of sulfone groups is 1. The zero-order valence-electron chi connectivity index (χ0n) is 11.5. The molecule has 0 aromatic rings. The summed E-state index contributed by atoms with van der Waals surface area (Å²) < 4.78 is 22.7. The highest BCUT2D eigenvalue weighted by Gasteiger charge is 2.33. The first-order chi connectivity index (χ1) is 9.02. The van der Waals surface area contributed by atoms with Gasteiger partial charge < -0.3 is 20.4 Å². The molecule has 0 saturated carbocycles. The molecule has 1 aliphatic heterocycles. The Morgan fingerprint density at radius 2 is 2.05 bits per heavy atom. The first-order valence-electron chi connectivity index (χ1n) is 6.18. The van der Waals surface area contributed by atoms with Gasteiger partial charge in [0.2, 0.25) is 0 Å². The summed E-state index contributed by atoms with van der Waals surface area (Å²) in [6.07, 6.45) is -0.105. The Labute approximate surface area is 117 Å². The topological polar surface area (TPSA) is 124 Å². The van der Waals surface area contributed by atoms with Crippen LogP contribution in [0.2, 0.25) is 0 Å². The van der Waals surface area contributed by atoms with Crippen molar-refractivity contribution in [2.45, 2.75) is 31.4 Å². The molecule has 1 aliphatic rings. The molecule has 9 heteroatoms. The molecule has 0 bridgehead atoms. The first kappa shape index (κ1) is 16.7. The van der Waals surface area contributed by atoms with E-state index >= 15 is 0 Å². The van der Waals surface area contributed by atoms with E-state index in [2.05, 4.69) is 5.32 Å². The molecule has 1 saturated heterocycles. The van der Waals surface area contributed by atoms with E-state index in [9.17, 15) is 23.1 Å². The average molecular weight is 308 g/mol. The van der Waals surface area contributed by atoms with Crippen molar-refractivity contribution in [1.82, 2.24) is 10.2 Å². The Morgan fingerprint density at radius 1 is 1.45 bits per heavy atom. The van der Waals surface area contributed by atoms with Gasteiger partial charge in [-0.3, -0.25) is 4.79 Å². The van der Waals surface area contributed by atoms with Crippen LogP contribution in [0.4, 0.5) is 4.79 Å². The lowest BCUT2D eigenvalue weighted by molar-refractivity contribution is -0.141. The summed E-state index contributed by atoms with van der Waals surface area (Å²) in [5.41, 5.74) is -1.55. The normalized spacial score (nSPS) is 23.9. The van der Waals surface area contributed by atoms with Crippen LogP contribution in [0.1, 0.15) is 19.8 Å². The average Bonchev–Trinajstić information content (AvgIpc) is 2.64. The van der Waals surface area contributed by atoms with E-state index in [4.69, 9.17) is 5.11 Å². The monoisotopic (exact) mass is 308 g/mol. The van der Waals surface area contributed by atoms with Crippen molar-refractivity contribution in [3.05, 3.63) is 0 Å². The van der Waals surface area contributed by atoms with Gasteiger partial charge in [0.25, 0.3) is 0 Å². The van der Waals surface area contributed by atoms with Gasteiger partial charge in [-0.05, 0) is 13.3 Å². The molecule has 0 radical (unpaired) electrons. The number of urea groups is 1. The first-order valence-corrected chi connectivity index (χ1v) is 8.00. The molecule has 1 fully saturated rings. The number of rotatable bonds is 5. The van der Waals surface area contributed by atoms with Crippen molar-refractivity contribution in [3.8, 4) is 0 Å². The second kappa shape index (κ2) is 5.96. The molecule has 8 nitrogen and oxygen atoms in total. The Kier molecular flexibility index (Phi) is 4.98. The number of carboxylic acids is 1. The minimum absolute atomic E-state index is 0.0615. The van der Waals surface area contributed by atoms with Crippen LogP contribution in [0.25, 0.3) is 0 Å². The molecule has 2 atom stereocenters. The number of carbonyl (C=O) groups is 2. The summed E-state index contributed by atoms with van der Waals surface area (Å²) in [4.78, 5) is 23.6. The third-order valence-electron chi connectivity index (χ3n) is 3.23. The van der Waals surface area contributed by atoms with Gasteiger partial charge in [0.15, 0.2) is 9.84 Å². The van der Waals surface area contributed by atoms with Crippen LogP contribution in [0, 0.1) is 0 Å². The molecular formula is C11H20N2O6S.